The highest BCUT2D eigenvalue weighted by atomic mass is 32.2. The molecule has 140 valence electrons. The lowest BCUT2D eigenvalue weighted by molar-refractivity contribution is 0.239. The average Bonchev–Trinajstić information content (AvgIpc) is 3.26. The van der Waals surface area contributed by atoms with E-state index in [4.69, 9.17) is 0 Å². The topological polar surface area (TPSA) is 75.5 Å². The maximum absolute atomic E-state index is 14.2. The Morgan fingerprint density at radius 3 is 2.56 bits per heavy atom. The van der Waals surface area contributed by atoms with E-state index in [9.17, 15) is 17.6 Å². The van der Waals surface area contributed by atoms with Crippen molar-refractivity contribution in [1.82, 2.24) is 14.1 Å². The lowest BCUT2D eigenvalue weighted by atomic mass is 10.2. The largest absolute Gasteiger partial charge is 0.338 e. The minimum Gasteiger partial charge on any atom is -0.291 e. The molecule has 1 aliphatic rings. The molecule has 4 rings (SSSR count). The molecule has 7 nitrogen and oxygen atoms in total. The van der Waals surface area contributed by atoms with Crippen LogP contribution >= 0.6 is 0 Å². The smallest absolute Gasteiger partial charge is 0.291 e. The van der Waals surface area contributed by atoms with Crippen molar-refractivity contribution in [1.29, 1.82) is 0 Å². The van der Waals surface area contributed by atoms with Crippen LogP contribution in [0.25, 0.3) is 16.6 Å². The molecule has 3 aromatic rings. The second-order valence-corrected chi connectivity index (χ2v) is 8.31. The van der Waals surface area contributed by atoms with Gasteiger partial charge in [-0.1, -0.05) is 18.2 Å². The number of halogens is 1. The van der Waals surface area contributed by atoms with Gasteiger partial charge in [0, 0.05) is 11.9 Å². The second kappa shape index (κ2) is 6.34. The molecule has 1 aromatic heterocycles. The Bertz CT molecular complexity index is 1140. The van der Waals surface area contributed by atoms with Gasteiger partial charge in [-0.3, -0.25) is 4.90 Å². The summed E-state index contributed by atoms with van der Waals surface area (Å²) in [5, 5.41) is 4.92. The Morgan fingerprint density at radius 2 is 1.81 bits per heavy atom. The van der Waals surface area contributed by atoms with Crippen LogP contribution in [-0.4, -0.2) is 47.4 Å². The third-order valence-corrected chi connectivity index (χ3v) is 6.37. The van der Waals surface area contributed by atoms with Crippen LogP contribution in [0.5, 0.6) is 0 Å². The number of aromatic nitrogens is 2. The fourth-order valence-electron chi connectivity index (χ4n) is 3.24. The van der Waals surface area contributed by atoms with Gasteiger partial charge in [0.2, 0.25) is 10.0 Å². The molecule has 2 amide bonds. The summed E-state index contributed by atoms with van der Waals surface area (Å²) in [6.07, 6.45) is 1.56. The summed E-state index contributed by atoms with van der Waals surface area (Å²) in [6, 6.07) is 10.9. The Labute approximate surface area is 155 Å². The maximum Gasteiger partial charge on any atom is 0.338 e. The standard InChI is InChI=1S/C18H17FN4O3S/c1-2-27(25,26)22-11-10-21(18(22)24)15-8-5-9-16-13(15)12-20-23(16)17-7-4-3-6-14(17)19/h3-9,12H,2,10-11H2,1H3. The zero-order chi connectivity index (χ0) is 19.2. The number of amides is 2. The molecule has 1 saturated heterocycles. The van der Waals surface area contributed by atoms with E-state index >= 15 is 0 Å². The van der Waals surface area contributed by atoms with Crippen molar-refractivity contribution in [2.75, 3.05) is 23.7 Å². The van der Waals surface area contributed by atoms with Crippen LogP contribution in [0.1, 0.15) is 6.92 Å². The SMILES string of the molecule is CCS(=O)(=O)N1CCN(c2cccc3c2cnn3-c2ccccc2F)C1=O. The summed E-state index contributed by atoms with van der Waals surface area (Å²) in [5.74, 6) is -0.549. The summed E-state index contributed by atoms with van der Waals surface area (Å²) in [6.45, 7) is 1.86. The van der Waals surface area contributed by atoms with Crippen molar-refractivity contribution >= 4 is 32.6 Å². The quantitative estimate of drug-likeness (QED) is 0.689. The number of urea groups is 1. The number of hydrogen-bond acceptors (Lipinski definition) is 4. The molecule has 0 atom stereocenters. The number of nitrogens with zero attached hydrogens (tertiary/aromatic N) is 4. The molecule has 0 aliphatic carbocycles. The Hall–Kier alpha value is -2.94. The fraction of sp³-hybridized carbons (Fsp3) is 0.222. The van der Waals surface area contributed by atoms with E-state index in [-0.39, 0.29) is 18.8 Å². The second-order valence-electron chi connectivity index (χ2n) is 6.12. The van der Waals surface area contributed by atoms with Crippen LogP contribution in [0.4, 0.5) is 14.9 Å². The normalized spacial score (nSPS) is 15.1. The molecular weight excluding hydrogens is 371 g/mol. The first-order valence-electron chi connectivity index (χ1n) is 8.47. The lowest BCUT2D eigenvalue weighted by Gasteiger charge is -2.18. The van der Waals surface area contributed by atoms with Crippen LogP contribution < -0.4 is 4.90 Å². The number of sulfonamides is 1. The first kappa shape index (κ1) is 17.5. The zero-order valence-corrected chi connectivity index (χ0v) is 15.4. The Kier molecular flexibility index (Phi) is 4.11. The number of rotatable bonds is 4. The zero-order valence-electron chi connectivity index (χ0n) is 14.5. The molecule has 9 heteroatoms. The van der Waals surface area contributed by atoms with Gasteiger partial charge in [0.05, 0.1) is 29.7 Å². The molecule has 0 radical (unpaired) electrons. The van der Waals surface area contributed by atoms with E-state index in [0.717, 1.165) is 4.31 Å². The van der Waals surface area contributed by atoms with Gasteiger partial charge in [0.1, 0.15) is 11.5 Å². The van der Waals surface area contributed by atoms with Crippen molar-refractivity contribution in [2.24, 2.45) is 0 Å². The molecular formula is C18H17FN4O3S. The van der Waals surface area contributed by atoms with Gasteiger partial charge in [-0.15, -0.1) is 0 Å². The molecule has 1 aliphatic heterocycles. The predicted octanol–water partition coefficient (Wildman–Crippen LogP) is 2.76. The van der Waals surface area contributed by atoms with Gasteiger partial charge in [-0.25, -0.2) is 26.6 Å². The van der Waals surface area contributed by atoms with E-state index in [1.54, 1.807) is 42.6 Å². The highest BCUT2D eigenvalue weighted by Crippen LogP contribution is 2.31. The van der Waals surface area contributed by atoms with Gasteiger partial charge >= 0.3 is 6.03 Å². The summed E-state index contributed by atoms with van der Waals surface area (Å²) < 4.78 is 40.7. The summed E-state index contributed by atoms with van der Waals surface area (Å²) in [4.78, 5) is 14.1. The molecule has 0 bridgehead atoms. The minimum absolute atomic E-state index is 0.104. The van der Waals surface area contributed by atoms with Crippen LogP contribution in [0.15, 0.2) is 48.7 Å². The Balaban J connectivity index is 1.79. The maximum atomic E-state index is 14.2. The molecule has 0 N–H and O–H groups in total. The van der Waals surface area contributed by atoms with Gasteiger partial charge in [-0.05, 0) is 31.2 Å². The summed E-state index contributed by atoms with van der Waals surface area (Å²) in [7, 11) is -3.61. The molecule has 0 unspecified atom stereocenters. The molecule has 0 saturated carbocycles. The third kappa shape index (κ3) is 2.74. The lowest BCUT2D eigenvalue weighted by Crippen LogP contribution is -2.37. The highest BCUT2D eigenvalue weighted by molar-refractivity contribution is 7.89. The number of fused-ring (bicyclic) bond motifs is 1. The predicted molar refractivity (Wildman–Crippen MR) is 99.9 cm³/mol. The van der Waals surface area contributed by atoms with Crippen molar-refractivity contribution in [2.45, 2.75) is 6.92 Å². The molecule has 2 heterocycles. The van der Waals surface area contributed by atoms with Gasteiger partial charge < -0.3 is 0 Å². The number of carbonyl (C=O) groups excluding carboxylic acids is 1. The fourth-order valence-corrected chi connectivity index (χ4v) is 4.25. The van der Waals surface area contributed by atoms with Crippen LogP contribution in [0, 0.1) is 5.82 Å². The molecule has 0 spiro atoms. The number of anilines is 1. The van der Waals surface area contributed by atoms with E-state index in [1.165, 1.54) is 22.6 Å². The van der Waals surface area contributed by atoms with Crippen LogP contribution in [-0.2, 0) is 10.0 Å². The van der Waals surface area contributed by atoms with Gasteiger partial charge in [0.15, 0.2) is 0 Å². The molecule has 27 heavy (non-hydrogen) atoms. The van der Waals surface area contributed by atoms with E-state index < -0.39 is 21.9 Å². The third-order valence-electron chi connectivity index (χ3n) is 4.63. The number of para-hydroxylation sites is 1. The van der Waals surface area contributed by atoms with Crippen LogP contribution in [0.2, 0.25) is 0 Å². The van der Waals surface area contributed by atoms with E-state index in [0.29, 0.717) is 22.3 Å². The number of carbonyl (C=O) groups is 1. The van der Waals surface area contributed by atoms with E-state index in [2.05, 4.69) is 5.10 Å². The number of hydrogen-bond donors (Lipinski definition) is 0. The molecule has 1 fully saturated rings. The van der Waals surface area contributed by atoms with E-state index in [1.807, 2.05) is 0 Å². The van der Waals surface area contributed by atoms with Crippen molar-refractivity contribution in [3.8, 4) is 5.69 Å². The first-order valence-corrected chi connectivity index (χ1v) is 10.1. The van der Waals surface area contributed by atoms with Crippen molar-refractivity contribution in [3.63, 3.8) is 0 Å². The number of benzene rings is 2. The van der Waals surface area contributed by atoms with Gasteiger partial charge in [-0.2, -0.15) is 5.10 Å². The highest BCUT2D eigenvalue weighted by Gasteiger charge is 2.37. The summed E-state index contributed by atoms with van der Waals surface area (Å²) in [5.41, 5.74) is 1.48. The summed E-state index contributed by atoms with van der Waals surface area (Å²) >= 11 is 0. The minimum atomic E-state index is -3.61. The average molecular weight is 388 g/mol. The molecule has 2 aromatic carbocycles. The van der Waals surface area contributed by atoms with Crippen LogP contribution in [0.3, 0.4) is 0 Å². The van der Waals surface area contributed by atoms with Crippen molar-refractivity contribution < 1.29 is 17.6 Å². The first-order chi connectivity index (χ1) is 12.9. The monoisotopic (exact) mass is 388 g/mol. The van der Waals surface area contributed by atoms with Gasteiger partial charge in [0.25, 0.3) is 0 Å². The van der Waals surface area contributed by atoms with Crippen molar-refractivity contribution in [3.05, 3.63) is 54.5 Å². The Morgan fingerprint density at radius 1 is 1.07 bits per heavy atom.